The van der Waals surface area contributed by atoms with E-state index in [2.05, 4.69) is 10.3 Å². The van der Waals surface area contributed by atoms with Crippen LogP contribution in [-0.2, 0) is 11.0 Å². The Bertz CT molecular complexity index is 620. The molecule has 0 saturated carbocycles. The number of thiazole rings is 1. The van der Waals surface area contributed by atoms with E-state index in [-0.39, 0.29) is 0 Å². The summed E-state index contributed by atoms with van der Waals surface area (Å²) in [4.78, 5) is 25.0. The van der Waals surface area contributed by atoms with Crippen LogP contribution < -0.4 is 5.32 Å². The molecule has 0 radical (unpaired) electrons. The van der Waals surface area contributed by atoms with Crippen molar-refractivity contribution in [1.82, 2.24) is 10.3 Å². The van der Waals surface area contributed by atoms with E-state index in [1.165, 1.54) is 11.3 Å². The predicted molar refractivity (Wildman–Crippen MR) is 82.4 cm³/mol. The van der Waals surface area contributed by atoms with E-state index in [1.54, 1.807) is 17.4 Å². The molecule has 1 unspecified atom stereocenters. The summed E-state index contributed by atoms with van der Waals surface area (Å²) in [5.41, 5.74) is 0.977. The molecule has 0 aromatic carbocycles. The summed E-state index contributed by atoms with van der Waals surface area (Å²) in [5.74, 6) is -0.928. The summed E-state index contributed by atoms with van der Waals surface area (Å²) in [6, 6.07) is 3.64. The second kappa shape index (κ2) is 6.47. The van der Waals surface area contributed by atoms with E-state index in [0.717, 1.165) is 15.6 Å². The fourth-order valence-corrected chi connectivity index (χ4v) is 4.79. The van der Waals surface area contributed by atoms with Crippen molar-refractivity contribution in [2.75, 3.05) is 6.54 Å². The van der Waals surface area contributed by atoms with Crippen molar-refractivity contribution in [1.29, 1.82) is 0 Å². The molecule has 2 heterocycles. The van der Waals surface area contributed by atoms with Crippen molar-refractivity contribution in [2.45, 2.75) is 26.1 Å². The molecule has 8 heteroatoms. The zero-order chi connectivity index (χ0) is 14.8. The van der Waals surface area contributed by atoms with Gasteiger partial charge >= 0.3 is 7.60 Å². The van der Waals surface area contributed by atoms with Crippen LogP contribution in [-0.4, -0.2) is 21.3 Å². The minimum Gasteiger partial charge on any atom is -0.323 e. The summed E-state index contributed by atoms with van der Waals surface area (Å²) in [6.45, 7) is 4.34. The fourth-order valence-electron chi connectivity index (χ4n) is 1.82. The van der Waals surface area contributed by atoms with Gasteiger partial charge < -0.3 is 9.79 Å². The summed E-state index contributed by atoms with van der Waals surface area (Å²) < 4.78 is 11.6. The molecule has 3 N–H and O–H groups in total. The third-order valence-corrected chi connectivity index (χ3v) is 6.11. The highest BCUT2D eigenvalue weighted by molar-refractivity contribution is 7.52. The fraction of sp³-hybridized carbons (Fsp3) is 0.417. The van der Waals surface area contributed by atoms with Crippen molar-refractivity contribution < 1.29 is 14.4 Å². The Morgan fingerprint density at radius 3 is 2.65 bits per heavy atom. The van der Waals surface area contributed by atoms with Crippen LogP contribution in [0.3, 0.4) is 0 Å². The Labute approximate surface area is 125 Å². The predicted octanol–water partition coefficient (Wildman–Crippen LogP) is 2.83. The molecule has 2 rings (SSSR count). The lowest BCUT2D eigenvalue weighted by molar-refractivity contribution is 0.349. The molecule has 110 valence electrons. The van der Waals surface area contributed by atoms with Crippen LogP contribution in [0.5, 0.6) is 0 Å². The monoisotopic (exact) mass is 332 g/mol. The third-order valence-electron chi connectivity index (χ3n) is 2.71. The van der Waals surface area contributed by atoms with Crippen LogP contribution in [0.2, 0.25) is 0 Å². The number of hydrogen-bond acceptors (Lipinski definition) is 5. The Kier molecular flexibility index (Phi) is 5.12. The van der Waals surface area contributed by atoms with Crippen LogP contribution in [0.15, 0.2) is 17.5 Å². The van der Waals surface area contributed by atoms with Crippen LogP contribution in [0, 0.1) is 13.8 Å². The topological polar surface area (TPSA) is 82.5 Å². The second-order valence-electron chi connectivity index (χ2n) is 4.53. The summed E-state index contributed by atoms with van der Waals surface area (Å²) in [7, 11) is -4.22. The van der Waals surface area contributed by atoms with Gasteiger partial charge in [0.25, 0.3) is 0 Å². The molecule has 0 fully saturated rings. The van der Waals surface area contributed by atoms with Crippen LogP contribution in [0.25, 0.3) is 0 Å². The molecular weight excluding hydrogens is 315 g/mol. The van der Waals surface area contributed by atoms with Crippen molar-refractivity contribution in [3.05, 3.63) is 38.0 Å². The molecule has 1 atom stereocenters. The zero-order valence-corrected chi connectivity index (χ0v) is 13.8. The maximum absolute atomic E-state index is 11.6. The second-order valence-corrected chi connectivity index (χ2v) is 8.48. The first-order valence-corrected chi connectivity index (χ1v) is 9.50. The first-order valence-electron chi connectivity index (χ1n) is 6.12. The number of rotatable bonds is 6. The molecular formula is C12H17N2O3PS2. The van der Waals surface area contributed by atoms with E-state index in [9.17, 15) is 14.4 Å². The molecule has 0 spiro atoms. The van der Waals surface area contributed by atoms with E-state index in [0.29, 0.717) is 17.8 Å². The van der Waals surface area contributed by atoms with Gasteiger partial charge in [0.1, 0.15) is 5.78 Å². The van der Waals surface area contributed by atoms with Gasteiger partial charge in [0, 0.05) is 33.8 Å². The van der Waals surface area contributed by atoms with Crippen molar-refractivity contribution in [3.63, 3.8) is 0 Å². The standard InChI is InChI=1S/C12H17N2O3PS2/c1-8-7-19-11(14-8)5-6-13-12(18(15,16)17)10-4-3-9(2)20-10/h3-4,7,12-13H,5-6H2,1-2H3,(H2,15,16,17). The lowest BCUT2D eigenvalue weighted by Gasteiger charge is -2.18. The van der Waals surface area contributed by atoms with Gasteiger partial charge in [-0.1, -0.05) is 0 Å². The summed E-state index contributed by atoms with van der Waals surface area (Å²) >= 11 is 2.97. The minimum absolute atomic E-state index is 0.486. The largest absolute Gasteiger partial charge is 0.347 e. The highest BCUT2D eigenvalue weighted by Gasteiger charge is 2.31. The van der Waals surface area contributed by atoms with E-state index >= 15 is 0 Å². The van der Waals surface area contributed by atoms with Gasteiger partial charge in [-0.3, -0.25) is 9.88 Å². The SMILES string of the molecule is Cc1csc(CCNC(c2ccc(C)s2)P(=O)(O)O)n1. The van der Waals surface area contributed by atoms with Crippen molar-refractivity contribution >= 4 is 30.3 Å². The quantitative estimate of drug-likeness (QED) is 0.709. The van der Waals surface area contributed by atoms with Crippen LogP contribution in [0.1, 0.15) is 26.2 Å². The first kappa shape index (κ1) is 15.8. The number of thiophene rings is 1. The number of nitrogens with one attached hydrogen (secondary N) is 1. The highest BCUT2D eigenvalue weighted by atomic mass is 32.1. The molecule has 0 aliphatic rings. The third kappa shape index (κ3) is 4.22. The van der Waals surface area contributed by atoms with Gasteiger partial charge in [-0.2, -0.15) is 0 Å². The van der Waals surface area contributed by atoms with Crippen LogP contribution in [0.4, 0.5) is 0 Å². The van der Waals surface area contributed by atoms with Crippen molar-refractivity contribution in [2.24, 2.45) is 0 Å². The number of aryl methyl sites for hydroxylation is 2. The maximum Gasteiger partial charge on any atom is 0.347 e. The Balaban J connectivity index is 2.00. The highest BCUT2D eigenvalue weighted by Crippen LogP contribution is 2.51. The molecule has 20 heavy (non-hydrogen) atoms. The van der Waals surface area contributed by atoms with Gasteiger partial charge in [0.05, 0.1) is 5.01 Å². The van der Waals surface area contributed by atoms with Gasteiger partial charge in [0.15, 0.2) is 0 Å². The van der Waals surface area contributed by atoms with Gasteiger partial charge in [0.2, 0.25) is 0 Å². The average molecular weight is 332 g/mol. The zero-order valence-electron chi connectivity index (χ0n) is 11.2. The number of nitrogens with zero attached hydrogens (tertiary/aromatic N) is 1. The van der Waals surface area contributed by atoms with E-state index in [1.807, 2.05) is 25.3 Å². The number of hydrogen-bond donors (Lipinski definition) is 3. The van der Waals surface area contributed by atoms with E-state index in [4.69, 9.17) is 0 Å². The summed E-state index contributed by atoms with van der Waals surface area (Å²) in [6.07, 6.45) is 0.666. The average Bonchev–Trinajstić information content (AvgIpc) is 2.92. The molecule has 0 amide bonds. The molecule has 2 aromatic heterocycles. The van der Waals surface area contributed by atoms with Gasteiger partial charge in [-0.05, 0) is 26.0 Å². The summed E-state index contributed by atoms with van der Waals surface area (Å²) in [5, 5.41) is 5.91. The van der Waals surface area contributed by atoms with E-state index < -0.39 is 13.4 Å². The Hall–Kier alpha value is -0.560. The lowest BCUT2D eigenvalue weighted by Crippen LogP contribution is -2.23. The molecule has 5 nitrogen and oxygen atoms in total. The van der Waals surface area contributed by atoms with Gasteiger partial charge in [-0.15, -0.1) is 22.7 Å². The lowest BCUT2D eigenvalue weighted by atomic mass is 10.4. The van der Waals surface area contributed by atoms with Gasteiger partial charge in [-0.25, -0.2) is 4.98 Å². The van der Waals surface area contributed by atoms with Crippen LogP contribution >= 0.6 is 30.3 Å². The Morgan fingerprint density at radius 2 is 2.15 bits per heavy atom. The first-order chi connectivity index (χ1) is 9.36. The molecule has 2 aromatic rings. The minimum atomic E-state index is -4.22. The smallest absolute Gasteiger partial charge is 0.323 e. The normalized spacial score (nSPS) is 13.6. The number of aromatic nitrogens is 1. The molecule has 0 aliphatic heterocycles. The maximum atomic E-state index is 11.6. The van der Waals surface area contributed by atoms with Crippen molar-refractivity contribution in [3.8, 4) is 0 Å². The molecule has 0 saturated heterocycles. The molecule has 0 aliphatic carbocycles. The molecule has 0 bridgehead atoms. The Morgan fingerprint density at radius 1 is 1.40 bits per heavy atom.